The summed E-state index contributed by atoms with van der Waals surface area (Å²) >= 11 is 0. The highest BCUT2D eigenvalue weighted by Crippen LogP contribution is 2.24. The Balaban J connectivity index is 1.73. The lowest BCUT2D eigenvalue weighted by Crippen LogP contribution is -2.32. The maximum atomic E-state index is 11.4. The first-order chi connectivity index (χ1) is 10.6. The van der Waals surface area contributed by atoms with Gasteiger partial charge in [0.15, 0.2) is 0 Å². The van der Waals surface area contributed by atoms with Crippen molar-refractivity contribution in [3.8, 4) is 11.3 Å². The third-order valence-electron chi connectivity index (χ3n) is 3.93. The van der Waals surface area contributed by atoms with Crippen molar-refractivity contribution in [1.82, 2.24) is 15.0 Å². The minimum Gasteiger partial charge on any atom is -0.462 e. The van der Waals surface area contributed by atoms with E-state index in [9.17, 15) is 9.90 Å². The van der Waals surface area contributed by atoms with E-state index >= 15 is 0 Å². The third-order valence-corrected chi connectivity index (χ3v) is 3.93. The van der Waals surface area contributed by atoms with E-state index in [0.717, 1.165) is 17.0 Å². The monoisotopic (exact) mass is 301 g/mol. The molecule has 116 valence electrons. The normalized spacial score (nSPS) is 21.6. The van der Waals surface area contributed by atoms with Gasteiger partial charge < -0.3 is 9.84 Å². The van der Waals surface area contributed by atoms with Gasteiger partial charge in [-0.05, 0) is 12.8 Å². The molecule has 2 unspecified atom stereocenters. The van der Waals surface area contributed by atoms with E-state index in [1.165, 1.54) is 0 Å². The summed E-state index contributed by atoms with van der Waals surface area (Å²) in [6.07, 6.45) is 1.11. The molecule has 1 fully saturated rings. The Labute approximate surface area is 128 Å². The van der Waals surface area contributed by atoms with E-state index in [0.29, 0.717) is 19.3 Å². The molecular formula is C16H19N3O3. The van der Waals surface area contributed by atoms with Crippen LogP contribution in [-0.4, -0.2) is 38.3 Å². The molecule has 0 bridgehead atoms. The van der Waals surface area contributed by atoms with Crippen LogP contribution in [0, 0.1) is 0 Å². The van der Waals surface area contributed by atoms with Crippen LogP contribution in [0.2, 0.25) is 0 Å². The maximum Gasteiger partial charge on any atom is 0.308 e. The summed E-state index contributed by atoms with van der Waals surface area (Å²) in [4.78, 5) is 11.4. The zero-order chi connectivity index (χ0) is 15.5. The van der Waals surface area contributed by atoms with Gasteiger partial charge in [-0.25, -0.2) is 0 Å². The van der Waals surface area contributed by atoms with E-state index in [1.807, 2.05) is 37.4 Å². The Morgan fingerprint density at radius 2 is 2.14 bits per heavy atom. The first-order valence-electron chi connectivity index (χ1n) is 7.45. The van der Waals surface area contributed by atoms with Crippen molar-refractivity contribution >= 4 is 5.97 Å². The summed E-state index contributed by atoms with van der Waals surface area (Å²) in [6.45, 7) is 0. The number of carbonyl (C=O) groups excluding carboxylic acids is 1. The lowest BCUT2D eigenvalue weighted by molar-refractivity contribution is -0.160. The predicted octanol–water partition coefficient (Wildman–Crippen LogP) is 1.48. The van der Waals surface area contributed by atoms with Crippen molar-refractivity contribution in [2.24, 2.45) is 7.05 Å². The molecule has 0 saturated carbocycles. The molecule has 1 aliphatic heterocycles. The van der Waals surface area contributed by atoms with Gasteiger partial charge >= 0.3 is 5.97 Å². The molecule has 6 heteroatoms. The van der Waals surface area contributed by atoms with E-state index in [-0.39, 0.29) is 18.5 Å². The molecule has 3 rings (SSSR count). The number of ether oxygens (including phenoxy) is 1. The minimum atomic E-state index is -0.593. The number of aliphatic hydroxyl groups excluding tert-OH is 1. The summed E-state index contributed by atoms with van der Waals surface area (Å²) < 4.78 is 7.04. The average molecular weight is 301 g/mol. The lowest BCUT2D eigenvalue weighted by atomic mass is 9.99. The Morgan fingerprint density at radius 1 is 1.36 bits per heavy atom. The van der Waals surface area contributed by atoms with Crippen LogP contribution in [-0.2, 0) is 23.0 Å². The largest absolute Gasteiger partial charge is 0.462 e. The number of aromatic nitrogens is 3. The first-order valence-corrected chi connectivity index (χ1v) is 7.45. The Kier molecular flexibility index (Phi) is 4.20. The van der Waals surface area contributed by atoms with Gasteiger partial charge in [-0.15, -0.1) is 5.10 Å². The lowest BCUT2D eigenvalue weighted by Gasteiger charge is -2.25. The van der Waals surface area contributed by atoms with Crippen LogP contribution in [0.15, 0.2) is 30.3 Å². The number of esters is 1. The molecule has 0 spiro atoms. The summed E-state index contributed by atoms with van der Waals surface area (Å²) in [7, 11) is 1.86. The standard InChI is InChI=1S/C16H19N3O3/c1-19-14(8-7-13-9-12(20)10-15(21)22-13)16(17-18-19)11-5-3-2-4-6-11/h2-6,12-13,20H,7-10H2,1H3. The van der Waals surface area contributed by atoms with Crippen molar-refractivity contribution in [1.29, 1.82) is 0 Å². The van der Waals surface area contributed by atoms with Gasteiger partial charge in [0.05, 0.1) is 18.2 Å². The third kappa shape index (κ3) is 3.17. The van der Waals surface area contributed by atoms with Crippen LogP contribution < -0.4 is 0 Å². The molecule has 1 aromatic carbocycles. The minimum absolute atomic E-state index is 0.0963. The Hall–Kier alpha value is -2.21. The van der Waals surface area contributed by atoms with Crippen LogP contribution in [0.25, 0.3) is 11.3 Å². The molecule has 1 aromatic heterocycles. The molecule has 2 atom stereocenters. The fourth-order valence-corrected chi connectivity index (χ4v) is 2.81. The van der Waals surface area contributed by atoms with Crippen LogP contribution in [0.1, 0.15) is 25.0 Å². The van der Waals surface area contributed by atoms with Crippen LogP contribution in [0.4, 0.5) is 0 Å². The molecule has 1 N–H and O–H groups in total. The second-order valence-corrected chi connectivity index (χ2v) is 5.62. The highest BCUT2D eigenvalue weighted by molar-refractivity contribution is 5.71. The fraction of sp³-hybridized carbons (Fsp3) is 0.438. The highest BCUT2D eigenvalue weighted by atomic mass is 16.5. The first kappa shape index (κ1) is 14.7. The number of carbonyl (C=O) groups is 1. The van der Waals surface area contributed by atoms with E-state index in [1.54, 1.807) is 4.68 Å². The van der Waals surface area contributed by atoms with Crippen molar-refractivity contribution in [2.45, 2.75) is 37.9 Å². The molecule has 6 nitrogen and oxygen atoms in total. The van der Waals surface area contributed by atoms with Gasteiger partial charge in [0.2, 0.25) is 0 Å². The molecule has 22 heavy (non-hydrogen) atoms. The van der Waals surface area contributed by atoms with Crippen LogP contribution >= 0.6 is 0 Å². The molecule has 1 aliphatic rings. The van der Waals surface area contributed by atoms with Gasteiger partial charge in [0, 0.05) is 19.0 Å². The predicted molar refractivity (Wildman–Crippen MR) is 79.9 cm³/mol. The van der Waals surface area contributed by atoms with Crippen molar-refractivity contribution in [3.05, 3.63) is 36.0 Å². The Morgan fingerprint density at radius 3 is 2.86 bits per heavy atom. The number of benzene rings is 1. The molecule has 0 radical (unpaired) electrons. The number of aliphatic hydroxyl groups is 1. The zero-order valence-electron chi connectivity index (χ0n) is 12.5. The summed E-state index contributed by atoms with van der Waals surface area (Å²) in [6, 6.07) is 9.89. The summed E-state index contributed by atoms with van der Waals surface area (Å²) in [5.74, 6) is -0.324. The van der Waals surface area contributed by atoms with Crippen molar-refractivity contribution in [3.63, 3.8) is 0 Å². The summed E-state index contributed by atoms with van der Waals surface area (Å²) in [5.41, 5.74) is 2.87. The smallest absolute Gasteiger partial charge is 0.308 e. The molecule has 1 saturated heterocycles. The second-order valence-electron chi connectivity index (χ2n) is 5.62. The van der Waals surface area contributed by atoms with Crippen molar-refractivity contribution < 1.29 is 14.6 Å². The molecule has 0 amide bonds. The van der Waals surface area contributed by atoms with Crippen LogP contribution in [0.5, 0.6) is 0 Å². The Bertz CT molecular complexity index is 654. The van der Waals surface area contributed by atoms with Gasteiger partial charge in [0.1, 0.15) is 11.8 Å². The second kappa shape index (κ2) is 6.27. The molecular weight excluding hydrogens is 282 g/mol. The number of hydrogen-bond donors (Lipinski definition) is 1. The van der Waals surface area contributed by atoms with E-state index in [4.69, 9.17) is 4.74 Å². The number of nitrogens with zero attached hydrogens (tertiary/aromatic N) is 3. The van der Waals surface area contributed by atoms with E-state index in [2.05, 4.69) is 10.3 Å². The van der Waals surface area contributed by atoms with Gasteiger partial charge in [-0.2, -0.15) is 0 Å². The van der Waals surface area contributed by atoms with Crippen LogP contribution in [0.3, 0.4) is 0 Å². The molecule has 2 heterocycles. The van der Waals surface area contributed by atoms with Crippen molar-refractivity contribution in [2.75, 3.05) is 0 Å². The zero-order valence-corrected chi connectivity index (χ0v) is 12.5. The number of aryl methyl sites for hydroxylation is 1. The fourth-order valence-electron chi connectivity index (χ4n) is 2.81. The average Bonchev–Trinajstić information content (AvgIpc) is 2.86. The number of rotatable bonds is 4. The molecule has 0 aliphatic carbocycles. The SMILES string of the molecule is Cn1nnc(-c2ccccc2)c1CCC1CC(O)CC(=O)O1. The van der Waals surface area contributed by atoms with E-state index < -0.39 is 6.10 Å². The maximum absolute atomic E-state index is 11.4. The molecule has 2 aromatic rings. The van der Waals surface area contributed by atoms with Gasteiger partial charge in [-0.3, -0.25) is 9.48 Å². The number of cyclic esters (lactones) is 1. The topological polar surface area (TPSA) is 77.2 Å². The highest BCUT2D eigenvalue weighted by Gasteiger charge is 2.27. The quantitative estimate of drug-likeness (QED) is 0.866. The summed E-state index contributed by atoms with van der Waals surface area (Å²) in [5, 5.41) is 18.0. The van der Waals surface area contributed by atoms with Gasteiger partial charge in [-0.1, -0.05) is 35.5 Å². The van der Waals surface area contributed by atoms with Gasteiger partial charge in [0.25, 0.3) is 0 Å². The number of hydrogen-bond acceptors (Lipinski definition) is 5.